The lowest BCUT2D eigenvalue weighted by molar-refractivity contribution is -0.136. The van der Waals surface area contributed by atoms with Crippen LogP contribution >= 0.6 is 0 Å². The Morgan fingerprint density at radius 2 is 1.96 bits per heavy atom. The van der Waals surface area contributed by atoms with Crippen molar-refractivity contribution in [3.05, 3.63) is 36.1 Å². The molecule has 23 heavy (non-hydrogen) atoms. The van der Waals surface area contributed by atoms with E-state index in [4.69, 9.17) is 4.42 Å². The van der Waals surface area contributed by atoms with Crippen LogP contribution in [-0.2, 0) is 11.3 Å². The van der Waals surface area contributed by atoms with Gasteiger partial charge in [0.15, 0.2) is 0 Å². The molecule has 1 saturated heterocycles. The van der Waals surface area contributed by atoms with Gasteiger partial charge in [-0.05, 0) is 50.9 Å². The van der Waals surface area contributed by atoms with Gasteiger partial charge in [0.1, 0.15) is 11.3 Å². The average Bonchev–Trinajstić information content (AvgIpc) is 3.34. The van der Waals surface area contributed by atoms with Crippen molar-refractivity contribution in [1.29, 1.82) is 0 Å². The summed E-state index contributed by atoms with van der Waals surface area (Å²) >= 11 is 0. The van der Waals surface area contributed by atoms with Gasteiger partial charge in [-0.2, -0.15) is 0 Å². The number of furan rings is 1. The molecule has 0 radical (unpaired) electrons. The largest absolute Gasteiger partial charge is 0.459 e. The molecule has 4 heteroatoms. The first-order valence-electron chi connectivity index (χ1n) is 8.67. The second-order valence-corrected chi connectivity index (χ2v) is 6.99. The number of carbonyl (C=O) groups is 1. The Morgan fingerprint density at radius 1 is 1.22 bits per heavy atom. The molecular formula is C19H24N2O2. The summed E-state index contributed by atoms with van der Waals surface area (Å²) in [5.41, 5.74) is 0.890. The highest BCUT2D eigenvalue weighted by atomic mass is 16.3. The number of hydrogen-bond acceptors (Lipinski definition) is 3. The van der Waals surface area contributed by atoms with Crippen LogP contribution in [0.25, 0.3) is 11.0 Å². The first kappa shape index (κ1) is 14.8. The molecule has 1 aromatic carbocycles. The predicted octanol–water partition coefficient (Wildman–Crippen LogP) is 3.27. The lowest BCUT2D eigenvalue weighted by Gasteiger charge is -2.33. The third-order valence-electron chi connectivity index (χ3n) is 5.19. The fourth-order valence-corrected chi connectivity index (χ4v) is 3.69. The van der Waals surface area contributed by atoms with E-state index in [2.05, 4.69) is 4.90 Å². The smallest absolute Gasteiger partial charge is 0.225 e. The molecule has 4 nitrogen and oxygen atoms in total. The summed E-state index contributed by atoms with van der Waals surface area (Å²) in [6.07, 6.45) is 4.70. The van der Waals surface area contributed by atoms with Crippen molar-refractivity contribution in [2.24, 2.45) is 5.92 Å². The molecule has 0 spiro atoms. The Hall–Kier alpha value is -1.81. The fourth-order valence-electron chi connectivity index (χ4n) is 3.69. The lowest BCUT2D eigenvalue weighted by Crippen LogP contribution is -2.41. The van der Waals surface area contributed by atoms with Crippen molar-refractivity contribution < 1.29 is 9.21 Å². The van der Waals surface area contributed by atoms with Crippen LogP contribution in [0.15, 0.2) is 34.7 Å². The SMILES string of the molecule is CN(Cc1cc2ccccc2o1)C(=O)C1CCN(C2CC2)CC1. The maximum atomic E-state index is 12.7. The summed E-state index contributed by atoms with van der Waals surface area (Å²) in [5, 5.41) is 1.10. The van der Waals surface area contributed by atoms with Crippen LogP contribution in [-0.4, -0.2) is 41.9 Å². The molecule has 1 saturated carbocycles. The number of para-hydroxylation sites is 1. The van der Waals surface area contributed by atoms with E-state index in [1.807, 2.05) is 42.3 Å². The van der Waals surface area contributed by atoms with Crippen LogP contribution in [0, 0.1) is 5.92 Å². The second-order valence-electron chi connectivity index (χ2n) is 6.99. The standard InChI is InChI=1S/C19H24N2O2/c1-20(13-17-12-15-4-2-3-5-18(15)23-17)19(22)14-8-10-21(11-9-14)16-6-7-16/h2-5,12,14,16H,6-11,13H2,1H3. The third-order valence-corrected chi connectivity index (χ3v) is 5.19. The molecular weight excluding hydrogens is 288 g/mol. The molecule has 122 valence electrons. The monoisotopic (exact) mass is 312 g/mol. The molecule has 4 rings (SSSR count). The summed E-state index contributed by atoms with van der Waals surface area (Å²) < 4.78 is 5.83. The molecule has 1 aromatic heterocycles. The molecule has 1 aliphatic heterocycles. The number of benzene rings is 1. The van der Waals surface area contributed by atoms with Gasteiger partial charge >= 0.3 is 0 Å². The summed E-state index contributed by atoms with van der Waals surface area (Å²) in [6, 6.07) is 10.8. The third kappa shape index (κ3) is 3.13. The molecule has 2 heterocycles. The van der Waals surface area contributed by atoms with Gasteiger partial charge < -0.3 is 14.2 Å². The van der Waals surface area contributed by atoms with E-state index in [-0.39, 0.29) is 11.8 Å². The maximum absolute atomic E-state index is 12.7. The summed E-state index contributed by atoms with van der Waals surface area (Å²) in [5.74, 6) is 1.30. The molecule has 0 bridgehead atoms. The first-order chi connectivity index (χ1) is 11.2. The number of fused-ring (bicyclic) bond motifs is 1. The molecule has 2 fully saturated rings. The van der Waals surface area contributed by atoms with Crippen LogP contribution in [0.5, 0.6) is 0 Å². The highest BCUT2D eigenvalue weighted by Crippen LogP contribution is 2.31. The Kier molecular flexibility index (Phi) is 3.85. The zero-order valence-corrected chi connectivity index (χ0v) is 13.7. The van der Waals surface area contributed by atoms with E-state index in [0.29, 0.717) is 6.54 Å². The highest BCUT2D eigenvalue weighted by molar-refractivity contribution is 5.80. The van der Waals surface area contributed by atoms with E-state index < -0.39 is 0 Å². The van der Waals surface area contributed by atoms with Crippen LogP contribution in [0.1, 0.15) is 31.4 Å². The number of amides is 1. The minimum absolute atomic E-state index is 0.180. The Morgan fingerprint density at radius 3 is 2.65 bits per heavy atom. The molecule has 0 unspecified atom stereocenters. The van der Waals surface area contributed by atoms with Crippen LogP contribution in [0.3, 0.4) is 0 Å². The zero-order valence-electron chi connectivity index (χ0n) is 13.7. The van der Waals surface area contributed by atoms with E-state index in [1.165, 1.54) is 12.8 Å². The van der Waals surface area contributed by atoms with Gasteiger partial charge in [-0.3, -0.25) is 4.79 Å². The molecule has 2 aliphatic rings. The topological polar surface area (TPSA) is 36.7 Å². The zero-order chi connectivity index (χ0) is 15.8. The van der Waals surface area contributed by atoms with Crippen LogP contribution in [0.2, 0.25) is 0 Å². The number of carbonyl (C=O) groups excluding carboxylic acids is 1. The lowest BCUT2D eigenvalue weighted by atomic mass is 9.95. The quantitative estimate of drug-likeness (QED) is 0.869. The van der Waals surface area contributed by atoms with Crippen LogP contribution in [0.4, 0.5) is 0 Å². The minimum Gasteiger partial charge on any atom is -0.459 e. The summed E-state index contributed by atoms with van der Waals surface area (Å²) in [7, 11) is 1.89. The van der Waals surface area contributed by atoms with E-state index >= 15 is 0 Å². The van der Waals surface area contributed by atoms with Gasteiger partial charge in [0.25, 0.3) is 0 Å². The molecule has 1 amide bonds. The van der Waals surface area contributed by atoms with Gasteiger partial charge in [0, 0.05) is 24.4 Å². The van der Waals surface area contributed by atoms with Crippen molar-refractivity contribution in [2.75, 3.05) is 20.1 Å². The second kappa shape index (κ2) is 6.00. The number of hydrogen-bond donors (Lipinski definition) is 0. The van der Waals surface area contributed by atoms with Crippen LogP contribution < -0.4 is 0 Å². The van der Waals surface area contributed by atoms with Crippen molar-refractivity contribution >= 4 is 16.9 Å². The molecule has 0 atom stereocenters. The van der Waals surface area contributed by atoms with Gasteiger partial charge in [-0.1, -0.05) is 18.2 Å². The number of rotatable bonds is 4. The maximum Gasteiger partial charge on any atom is 0.225 e. The number of likely N-dealkylation sites (tertiary alicyclic amines) is 1. The Bertz CT molecular complexity index is 663. The fraction of sp³-hybridized carbons (Fsp3) is 0.526. The Labute approximate surface area is 137 Å². The van der Waals surface area contributed by atoms with Crippen molar-refractivity contribution in [3.63, 3.8) is 0 Å². The minimum atomic E-state index is 0.180. The average molecular weight is 312 g/mol. The summed E-state index contributed by atoms with van der Waals surface area (Å²) in [4.78, 5) is 17.1. The van der Waals surface area contributed by atoms with E-state index in [9.17, 15) is 4.79 Å². The molecule has 2 aromatic rings. The first-order valence-corrected chi connectivity index (χ1v) is 8.67. The van der Waals surface area contributed by atoms with Gasteiger partial charge in [-0.15, -0.1) is 0 Å². The highest BCUT2D eigenvalue weighted by Gasteiger charge is 2.34. The van der Waals surface area contributed by atoms with Crippen molar-refractivity contribution in [3.8, 4) is 0 Å². The van der Waals surface area contributed by atoms with Crippen molar-refractivity contribution in [1.82, 2.24) is 9.80 Å². The normalized spacial score (nSPS) is 20.0. The van der Waals surface area contributed by atoms with Gasteiger partial charge in [0.05, 0.1) is 6.54 Å². The number of nitrogens with zero attached hydrogens (tertiary/aromatic N) is 2. The number of piperidine rings is 1. The molecule has 0 N–H and O–H groups in total. The summed E-state index contributed by atoms with van der Waals surface area (Å²) in [6.45, 7) is 2.72. The van der Waals surface area contributed by atoms with Gasteiger partial charge in [0.2, 0.25) is 5.91 Å². The van der Waals surface area contributed by atoms with E-state index in [1.54, 1.807) is 0 Å². The predicted molar refractivity (Wildman–Crippen MR) is 90.0 cm³/mol. The van der Waals surface area contributed by atoms with Gasteiger partial charge in [-0.25, -0.2) is 0 Å². The molecule has 1 aliphatic carbocycles. The van der Waals surface area contributed by atoms with E-state index in [0.717, 1.165) is 48.7 Å². The van der Waals surface area contributed by atoms with Crippen molar-refractivity contribution in [2.45, 2.75) is 38.3 Å². The Balaban J connectivity index is 1.36.